The molecule has 0 saturated heterocycles. The maximum atomic E-state index is 13.1. The largest absolute Gasteiger partial charge is 0.485 e. The first-order chi connectivity index (χ1) is 13.7. The Hall–Kier alpha value is -2.08. The molecule has 1 aromatic carbocycles. The van der Waals surface area contributed by atoms with Crippen LogP contribution in [0.25, 0.3) is 11.0 Å². The highest BCUT2D eigenvalue weighted by molar-refractivity contribution is 14.1. The highest BCUT2D eigenvalue weighted by Crippen LogP contribution is 2.29. The quantitative estimate of drug-likeness (QED) is 0.420. The van der Waals surface area contributed by atoms with Gasteiger partial charge < -0.3 is 24.8 Å². The summed E-state index contributed by atoms with van der Waals surface area (Å²) in [5, 5.41) is 22.2. The van der Waals surface area contributed by atoms with Gasteiger partial charge in [0.2, 0.25) is 5.43 Å². The molecule has 0 fully saturated rings. The van der Waals surface area contributed by atoms with Crippen LogP contribution in [0.3, 0.4) is 0 Å². The molecule has 154 valence electrons. The number of hydrogen-bond donors (Lipinski definition) is 3. The SMILES string of the molecule is Cn1cc(OC[C@H](O)CO)c(=O)c2c(Nc3ccc(I)cc3Cl)cc(=O)n(C)c21. The molecule has 0 spiro atoms. The van der Waals surface area contributed by atoms with Crippen molar-refractivity contribution >= 4 is 56.6 Å². The number of aromatic nitrogens is 2. The van der Waals surface area contributed by atoms with Crippen LogP contribution in [-0.4, -0.2) is 38.7 Å². The standard InChI is InChI=1S/C19H19ClIN3O5/c1-23-7-15(29-9-11(26)8-25)18(28)17-14(6-16(27)24(2)19(17)23)22-13-4-3-10(21)5-12(13)20/h3-7,11,22,25-26H,8-9H2,1-2H3/t11-/m1/s1. The second-order valence-electron chi connectivity index (χ2n) is 6.48. The van der Waals surface area contributed by atoms with Crippen molar-refractivity contribution in [1.82, 2.24) is 9.13 Å². The van der Waals surface area contributed by atoms with Crippen LogP contribution in [0.2, 0.25) is 5.02 Å². The van der Waals surface area contributed by atoms with Crippen LogP contribution in [0, 0.1) is 3.57 Å². The van der Waals surface area contributed by atoms with Crippen LogP contribution in [0.1, 0.15) is 0 Å². The van der Waals surface area contributed by atoms with Crippen molar-refractivity contribution in [1.29, 1.82) is 0 Å². The lowest BCUT2D eigenvalue weighted by Gasteiger charge is -2.17. The average molecular weight is 532 g/mol. The summed E-state index contributed by atoms with van der Waals surface area (Å²) in [6, 6.07) is 6.69. The van der Waals surface area contributed by atoms with Crippen molar-refractivity contribution in [3.05, 3.63) is 59.6 Å². The van der Waals surface area contributed by atoms with E-state index < -0.39 is 18.1 Å². The molecule has 10 heteroatoms. The number of anilines is 2. The van der Waals surface area contributed by atoms with Gasteiger partial charge in [-0.25, -0.2) is 0 Å². The number of benzene rings is 1. The van der Waals surface area contributed by atoms with E-state index in [-0.39, 0.29) is 23.3 Å². The van der Waals surface area contributed by atoms with E-state index in [1.807, 2.05) is 6.07 Å². The Morgan fingerprint density at radius 3 is 2.62 bits per heavy atom. The Labute approximate surface area is 184 Å². The number of aliphatic hydroxyl groups is 2. The predicted octanol–water partition coefficient (Wildman–Crippen LogP) is 1.97. The molecule has 2 aromatic heterocycles. The maximum Gasteiger partial charge on any atom is 0.253 e. The van der Waals surface area contributed by atoms with Crippen molar-refractivity contribution < 1.29 is 14.9 Å². The summed E-state index contributed by atoms with van der Waals surface area (Å²) in [5.41, 5.74) is 0.469. The fourth-order valence-corrected chi connectivity index (χ4v) is 3.82. The Balaban J connectivity index is 2.21. The summed E-state index contributed by atoms with van der Waals surface area (Å²) in [5.74, 6) is -0.0112. The number of hydrogen-bond acceptors (Lipinski definition) is 6. The molecule has 3 N–H and O–H groups in total. The van der Waals surface area contributed by atoms with Crippen molar-refractivity contribution in [3.8, 4) is 5.75 Å². The van der Waals surface area contributed by atoms with E-state index in [0.29, 0.717) is 22.0 Å². The molecule has 2 heterocycles. The smallest absolute Gasteiger partial charge is 0.253 e. The summed E-state index contributed by atoms with van der Waals surface area (Å²) in [7, 11) is 3.25. The first-order valence-electron chi connectivity index (χ1n) is 8.60. The van der Waals surface area contributed by atoms with Gasteiger partial charge in [0.1, 0.15) is 18.4 Å². The number of nitrogens with one attached hydrogen (secondary N) is 1. The van der Waals surface area contributed by atoms with E-state index in [2.05, 4.69) is 27.9 Å². The summed E-state index contributed by atoms with van der Waals surface area (Å²) < 4.78 is 9.31. The van der Waals surface area contributed by atoms with E-state index in [4.69, 9.17) is 21.4 Å². The molecule has 0 aliphatic heterocycles. The topological polar surface area (TPSA) is 106 Å². The zero-order valence-electron chi connectivity index (χ0n) is 15.6. The normalized spacial score (nSPS) is 12.2. The third-order valence-corrected chi connectivity index (χ3v) is 5.33. The van der Waals surface area contributed by atoms with Crippen molar-refractivity contribution in [2.45, 2.75) is 6.10 Å². The Morgan fingerprint density at radius 1 is 1.24 bits per heavy atom. The van der Waals surface area contributed by atoms with E-state index in [9.17, 15) is 14.7 Å². The van der Waals surface area contributed by atoms with Gasteiger partial charge in [0.25, 0.3) is 5.56 Å². The fraction of sp³-hybridized carbons (Fsp3) is 0.263. The van der Waals surface area contributed by atoms with Gasteiger partial charge in [0.05, 0.1) is 34.6 Å². The van der Waals surface area contributed by atoms with Crippen LogP contribution in [-0.2, 0) is 14.1 Å². The van der Waals surface area contributed by atoms with Crippen molar-refractivity contribution in [2.24, 2.45) is 14.1 Å². The molecule has 3 rings (SSSR count). The number of halogens is 2. The van der Waals surface area contributed by atoms with E-state index >= 15 is 0 Å². The molecule has 0 radical (unpaired) electrons. The molecular weight excluding hydrogens is 513 g/mol. The van der Waals surface area contributed by atoms with Crippen molar-refractivity contribution in [3.63, 3.8) is 0 Å². The molecule has 0 aliphatic carbocycles. The lowest BCUT2D eigenvalue weighted by Crippen LogP contribution is -2.26. The summed E-state index contributed by atoms with van der Waals surface area (Å²) in [6.45, 7) is -0.727. The lowest BCUT2D eigenvalue weighted by atomic mass is 10.2. The number of pyridine rings is 2. The number of aliphatic hydroxyl groups excluding tert-OH is 2. The molecule has 1 atom stereocenters. The van der Waals surface area contributed by atoms with E-state index in [0.717, 1.165) is 3.57 Å². The Bertz CT molecular complexity index is 1190. The Morgan fingerprint density at radius 2 is 1.97 bits per heavy atom. The van der Waals surface area contributed by atoms with Gasteiger partial charge in [-0.05, 0) is 40.8 Å². The Kier molecular flexibility index (Phi) is 6.52. The molecule has 0 unspecified atom stereocenters. The van der Waals surface area contributed by atoms with Gasteiger partial charge in [0.15, 0.2) is 5.75 Å². The predicted molar refractivity (Wildman–Crippen MR) is 120 cm³/mol. The van der Waals surface area contributed by atoms with E-state index in [1.54, 1.807) is 30.8 Å². The number of ether oxygens (including phenoxy) is 1. The molecule has 3 aromatic rings. The molecule has 8 nitrogen and oxygen atoms in total. The van der Waals surface area contributed by atoms with Crippen LogP contribution in [0.15, 0.2) is 40.1 Å². The first-order valence-corrected chi connectivity index (χ1v) is 10.1. The summed E-state index contributed by atoms with van der Waals surface area (Å²) in [6.07, 6.45) is 0.328. The second-order valence-corrected chi connectivity index (χ2v) is 8.14. The molecule has 0 amide bonds. The average Bonchev–Trinajstić information content (AvgIpc) is 2.67. The maximum absolute atomic E-state index is 13.1. The fourth-order valence-electron chi connectivity index (χ4n) is 2.92. The molecule has 29 heavy (non-hydrogen) atoms. The number of fused-ring (bicyclic) bond motifs is 1. The summed E-state index contributed by atoms with van der Waals surface area (Å²) >= 11 is 8.43. The minimum Gasteiger partial charge on any atom is -0.485 e. The van der Waals surface area contributed by atoms with Gasteiger partial charge in [0, 0.05) is 23.7 Å². The highest BCUT2D eigenvalue weighted by Gasteiger charge is 2.18. The van der Waals surface area contributed by atoms with Gasteiger partial charge in [-0.1, -0.05) is 11.6 Å². The number of aryl methyl sites for hydroxylation is 2. The minimum atomic E-state index is -1.11. The zero-order chi connectivity index (χ0) is 21.3. The molecule has 0 bridgehead atoms. The van der Waals surface area contributed by atoms with Crippen molar-refractivity contribution in [2.75, 3.05) is 18.5 Å². The lowest BCUT2D eigenvalue weighted by molar-refractivity contribution is 0.0531. The third kappa shape index (κ3) is 4.42. The highest BCUT2D eigenvalue weighted by atomic mass is 127. The van der Waals surface area contributed by atoms with Crippen LogP contribution >= 0.6 is 34.2 Å². The number of nitrogens with zero attached hydrogens (tertiary/aromatic N) is 2. The third-order valence-electron chi connectivity index (χ3n) is 4.35. The zero-order valence-corrected chi connectivity index (χ0v) is 18.6. The molecule has 0 saturated carbocycles. The molecular formula is C19H19ClIN3O5. The monoisotopic (exact) mass is 531 g/mol. The van der Waals surface area contributed by atoms with Gasteiger partial charge in [-0.2, -0.15) is 0 Å². The minimum absolute atomic E-state index is 0.0112. The first kappa shape index (κ1) is 21.6. The number of rotatable bonds is 6. The van der Waals surface area contributed by atoms with E-state index in [1.165, 1.54) is 16.8 Å². The van der Waals surface area contributed by atoms with Gasteiger partial charge >= 0.3 is 0 Å². The van der Waals surface area contributed by atoms with Crippen LogP contribution < -0.4 is 21.0 Å². The summed E-state index contributed by atoms with van der Waals surface area (Å²) in [4.78, 5) is 25.6. The van der Waals surface area contributed by atoms with Crippen LogP contribution in [0.4, 0.5) is 11.4 Å². The second kappa shape index (κ2) is 8.74. The van der Waals surface area contributed by atoms with Crippen LogP contribution in [0.5, 0.6) is 5.75 Å². The van der Waals surface area contributed by atoms with Gasteiger partial charge in [-0.15, -0.1) is 0 Å². The van der Waals surface area contributed by atoms with Gasteiger partial charge in [-0.3, -0.25) is 14.2 Å². The molecule has 0 aliphatic rings.